The van der Waals surface area contributed by atoms with Gasteiger partial charge in [-0.1, -0.05) is 20.8 Å². The van der Waals surface area contributed by atoms with Crippen molar-refractivity contribution in [3.05, 3.63) is 0 Å². The van der Waals surface area contributed by atoms with Crippen molar-refractivity contribution < 1.29 is 18.0 Å². The molecule has 0 aromatic rings. The molecule has 0 bridgehead atoms. The summed E-state index contributed by atoms with van der Waals surface area (Å²) < 4.78 is 28.8. The van der Waals surface area contributed by atoms with E-state index >= 15 is 0 Å². The molecule has 0 amide bonds. The van der Waals surface area contributed by atoms with Gasteiger partial charge < -0.3 is 13.5 Å². The van der Waals surface area contributed by atoms with Crippen LogP contribution in [0.15, 0.2) is 0 Å². The predicted molar refractivity (Wildman–Crippen MR) is 83.5 cm³/mol. The standard InChI is InChI=1S/C13H31O4PSi/c1-8-15-18(14,16-9-2)12-10-11-17-19(6,7)13(3,4)5/h8-12H2,1-7H3. The fourth-order valence-corrected chi connectivity index (χ4v) is 4.09. The van der Waals surface area contributed by atoms with E-state index in [0.717, 1.165) is 0 Å². The van der Waals surface area contributed by atoms with Gasteiger partial charge in [0.25, 0.3) is 0 Å². The SMILES string of the molecule is CCOP(=O)(CCCO[Si](C)(C)C(C)(C)C)OCC. The minimum atomic E-state index is -2.91. The summed E-state index contributed by atoms with van der Waals surface area (Å²) in [6.07, 6.45) is 1.15. The molecular weight excluding hydrogens is 279 g/mol. The van der Waals surface area contributed by atoms with Crippen LogP contribution in [-0.2, 0) is 18.0 Å². The van der Waals surface area contributed by atoms with Crippen LogP contribution < -0.4 is 0 Å². The molecule has 0 rings (SSSR count). The van der Waals surface area contributed by atoms with Crippen molar-refractivity contribution in [3.63, 3.8) is 0 Å². The maximum atomic E-state index is 12.2. The Morgan fingerprint density at radius 1 is 1.05 bits per heavy atom. The summed E-state index contributed by atoms with van der Waals surface area (Å²) >= 11 is 0. The van der Waals surface area contributed by atoms with Gasteiger partial charge in [-0.2, -0.15) is 0 Å². The molecule has 0 heterocycles. The highest BCUT2D eigenvalue weighted by atomic mass is 31.2. The first-order chi connectivity index (χ1) is 8.58. The Morgan fingerprint density at radius 2 is 1.53 bits per heavy atom. The van der Waals surface area contributed by atoms with Gasteiger partial charge in [0, 0.05) is 6.61 Å². The van der Waals surface area contributed by atoms with Crippen molar-refractivity contribution in [3.8, 4) is 0 Å². The molecule has 0 radical (unpaired) electrons. The maximum absolute atomic E-state index is 12.2. The van der Waals surface area contributed by atoms with Crippen LogP contribution in [0.1, 0.15) is 41.0 Å². The Balaban J connectivity index is 4.19. The lowest BCUT2D eigenvalue weighted by Crippen LogP contribution is -2.41. The molecule has 0 atom stereocenters. The first kappa shape index (κ1) is 19.3. The zero-order valence-electron chi connectivity index (χ0n) is 13.6. The minimum Gasteiger partial charge on any atom is -0.417 e. The van der Waals surface area contributed by atoms with Crippen LogP contribution in [0.3, 0.4) is 0 Å². The van der Waals surface area contributed by atoms with E-state index in [1.165, 1.54) is 0 Å². The van der Waals surface area contributed by atoms with Crippen molar-refractivity contribution >= 4 is 15.9 Å². The van der Waals surface area contributed by atoms with E-state index in [4.69, 9.17) is 13.5 Å². The summed E-state index contributed by atoms with van der Waals surface area (Å²) in [6, 6.07) is 0. The molecule has 0 aliphatic carbocycles. The molecule has 0 saturated carbocycles. The van der Waals surface area contributed by atoms with Crippen molar-refractivity contribution in [1.82, 2.24) is 0 Å². The lowest BCUT2D eigenvalue weighted by Gasteiger charge is -2.36. The molecule has 0 aromatic carbocycles. The second-order valence-electron chi connectivity index (χ2n) is 6.13. The molecule has 0 unspecified atom stereocenters. The zero-order chi connectivity index (χ0) is 15.2. The maximum Gasteiger partial charge on any atom is 0.330 e. The first-order valence-corrected chi connectivity index (χ1v) is 11.7. The van der Waals surface area contributed by atoms with Crippen molar-refractivity contribution in [2.75, 3.05) is 26.0 Å². The Bertz CT molecular complexity index is 290. The highest BCUT2D eigenvalue weighted by molar-refractivity contribution is 7.53. The Kier molecular flexibility index (Phi) is 8.07. The third-order valence-corrected chi connectivity index (χ3v) is 10.2. The summed E-state index contributed by atoms with van der Waals surface area (Å²) in [6.45, 7) is 16.2. The Labute approximate surface area is 119 Å². The van der Waals surface area contributed by atoms with Crippen LogP contribution in [-0.4, -0.2) is 34.3 Å². The lowest BCUT2D eigenvalue weighted by atomic mass is 10.2. The van der Waals surface area contributed by atoms with Gasteiger partial charge in [-0.25, -0.2) is 0 Å². The summed E-state index contributed by atoms with van der Waals surface area (Å²) in [4.78, 5) is 0. The fraction of sp³-hybridized carbons (Fsp3) is 1.00. The molecule has 0 aromatic heterocycles. The molecule has 0 spiro atoms. The van der Waals surface area contributed by atoms with Gasteiger partial charge in [-0.15, -0.1) is 0 Å². The van der Waals surface area contributed by atoms with Crippen LogP contribution in [0.25, 0.3) is 0 Å². The molecule has 0 N–H and O–H groups in total. The van der Waals surface area contributed by atoms with Gasteiger partial charge in [-0.05, 0) is 38.4 Å². The smallest absolute Gasteiger partial charge is 0.330 e. The van der Waals surface area contributed by atoms with E-state index in [0.29, 0.717) is 32.4 Å². The van der Waals surface area contributed by atoms with Crippen LogP contribution in [0.4, 0.5) is 0 Å². The fourth-order valence-electron chi connectivity index (χ4n) is 1.36. The van der Waals surface area contributed by atoms with E-state index in [-0.39, 0.29) is 5.04 Å². The van der Waals surface area contributed by atoms with Gasteiger partial charge in [-0.3, -0.25) is 4.57 Å². The molecule has 0 fully saturated rings. The van der Waals surface area contributed by atoms with Gasteiger partial charge in [0.15, 0.2) is 8.32 Å². The topological polar surface area (TPSA) is 44.8 Å². The predicted octanol–water partition coefficient (Wildman–Crippen LogP) is 4.66. The zero-order valence-corrected chi connectivity index (χ0v) is 15.5. The van der Waals surface area contributed by atoms with E-state index < -0.39 is 15.9 Å². The van der Waals surface area contributed by atoms with E-state index in [1.54, 1.807) is 0 Å². The highest BCUT2D eigenvalue weighted by Gasteiger charge is 2.37. The Morgan fingerprint density at radius 3 is 1.89 bits per heavy atom. The molecule has 116 valence electrons. The highest BCUT2D eigenvalue weighted by Crippen LogP contribution is 2.48. The van der Waals surface area contributed by atoms with Gasteiger partial charge in [0.1, 0.15) is 0 Å². The summed E-state index contributed by atoms with van der Waals surface area (Å²) in [7, 11) is -4.62. The van der Waals surface area contributed by atoms with E-state index in [2.05, 4.69) is 33.9 Å². The lowest BCUT2D eigenvalue weighted by molar-refractivity contribution is 0.215. The molecule has 4 nitrogen and oxygen atoms in total. The summed E-state index contributed by atoms with van der Waals surface area (Å²) in [5, 5.41) is 0.205. The van der Waals surface area contributed by atoms with Crippen molar-refractivity contribution in [1.29, 1.82) is 0 Å². The summed E-state index contributed by atoms with van der Waals surface area (Å²) in [5.74, 6) is 0. The third kappa shape index (κ3) is 7.05. The Hall–Kier alpha value is 0.327. The molecule has 0 saturated heterocycles. The average Bonchev–Trinajstić information content (AvgIpc) is 2.23. The second kappa shape index (κ2) is 7.94. The van der Waals surface area contributed by atoms with E-state index in [1.807, 2.05) is 13.8 Å². The number of hydrogen-bond donors (Lipinski definition) is 0. The molecule has 19 heavy (non-hydrogen) atoms. The van der Waals surface area contributed by atoms with Crippen molar-refractivity contribution in [2.45, 2.75) is 59.2 Å². The van der Waals surface area contributed by atoms with Crippen molar-refractivity contribution in [2.24, 2.45) is 0 Å². The molecule has 0 aliphatic rings. The monoisotopic (exact) mass is 310 g/mol. The minimum absolute atomic E-state index is 0.205. The molecule has 6 heteroatoms. The largest absolute Gasteiger partial charge is 0.417 e. The van der Waals surface area contributed by atoms with Gasteiger partial charge in [0.05, 0.1) is 19.4 Å². The quantitative estimate of drug-likeness (QED) is 0.353. The van der Waals surface area contributed by atoms with E-state index in [9.17, 15) is 4.57 Å². The van der Waals surface area contributed by atoms with Crippen LogP contribution in [0.2, 0.25) is 18.1 Å². The first-order valence-electron chi connectivity index (χ1n) is 7.10. The summed E-state index contributed by atoms with van der Waals surface area (Å²) in [5.41, 5.74) is 0. The number of hydrogen-bond acceptors (Lipinski definition) is 4. The average molecular weight is 310 g/mol. The molecule has 0 aliphatic heterocycles. The van der Waals surface area contributed by atoms with Crippen LogP contribution >= 0.6 is 7.60 Å². The van der Waals surface area contributed by atoms with Gasteiger partial charge in [0.2, 0.25) is 0 Å². The van der Waals surface area contributed by atoms with Crippen LogP contribution in [0, 0.1) is 0 Å². The van der Waals surface area contributed by atoms with Gasteiger partial charge >= 0.3 is 7.60 Å². The normalized spacial score (nSPS) is 13.8. The third-order valence-electron chi connectivity index (χ3n) is 3.50. The second-order valence-corrected chi connectivity index (χ2v) is 13.1. The molecular formula is C13H31O4PSi. The van der Waals surface area contributed by atoms with Crippen LogP contribution in [0.5, 0.6) is 0 Å². The number of rotatable bonds is 9.